The first-order valence-electron chi connectivity index (χ1n) is 4.73. The van der Waals surface area contributed by atoms with Gasteiger partial charge in [-0.25, -0.2) is 9.89 Å². The van der Waals surface area contributed by atoms with Crippen molar-refractivity contribution in [3.63, 3.8) is 0 Å². The quantitative estimate of drug-likeness (QED) is 0.500. The van der Waals surface area contributed by atoms with Crippen molar-refractivity contribution in [2.75, 3.05) is 13.2 Å². The minimum atomic E-state index is 0. The van der Waals surface area contributed by atoms with E-state index in [1.54, 1.807) is 6.20 Å². The molecule has 5 heteroatoms. The number of nitrogens with one attached hydrogen (secondary N) is 1. The van der Waals surface area contributed by atoms with Crippen LogP contribution in [0.25, 0.3) is 0 Å². The van der Waals surface area contributed by atoms with Crippen LogP contribution in [0.4, 0.5) is 0 Å². The van der Waals surface area contributed by atoms with E-state index in [0.717, 1.165) is 18.9 Å². The third kappa shape index (κ3) is 1.45. The number of allylic oxidation sites excluding steroid dienone is 1. The summed E-state index contributed by atoms with van der Waals surface area (Å²) in [6.07, 6.45) is 7.60. The molecule has 3 aliphatic heterocycles. The number of aliphatic imine (C=N–C) groups is 2. The van der Waals surface area contributed by atoms with Crippen LogP contribution in [-0.2, 0) is 4.74 Å². The van der Waals surface area contributed by atoms with E-state index in [0.29, 0.717) is 0 Å². The van der Waals surface area contributed by atoms with Crippen molar-refractivity contribution in [2.24, 2.45) is 15.4 Å². The van der Waals surface area contributed by atoms with E-state index in [2.05, 4.69) is 16.9 Å². The van der Waals surface area contributed by atoms with Crippen molar-refractivity contribution < 1.29 is 22.0 Å². The molecular formula is C10H12ClN3O. The van der Waals surface area contributed by atoms with E-state index in [1.807, 2.05) is 18.8 Å². The summed E-state index contributed by atoms with van der Waals surface area (Å²) in [7, 11) is 0. The van der Waals surface area contributed by atoms with Gasteiger partial charge in [0.05, 0.1) is 31.0 Å². The maximum Gasteiger partial charge on any atom is 0.198 e. The van der Waals surface area contributed by atoms with Gasteiger partial charge in [-0.1, -0.05) is 0 Å². The van der Waals surface area contributed by atoms with Gasteiger partial charge in [0.25, 0.3) is 0 Å². The first kappa shape index (κ1) is 10.5. The Labute approximate surface area is 94.4 Å². The van der Waals surface area contributed by atoms with Crippen LogP contribution < -0.4 is 17.3 Å². The zero-order valence-corrected chi connectivity index (χ0v) is 9.16. The molecule has 4 nitrogen and oxygen atoms in total. The topological polar surface area (TPSA) is 38.4 Å². The molecule has 0 amide bonds. The van der Waals surface area contributed by atoms with Gasteiger partial charge >= 0.3 is 0 Å². The first-order valence-corrected chi connectivity index (χ1v) is 4.73. The molecule has 1 atom stereocenters. The maximum absolute atomic E-state index is 5.25. The Kier molecular flexibility index (Phi) is 2.50. The summed E-state index contributed by atoms with van der Waals surface area (Å²) in [6.45, 7) is 3.73. The zero-order valence-electron chi connectivity index (χ0n) is 8.40. The van der Waals surface area contributed by atoms with Crippen molar-refractivity contribution in [3.8, 4) is 0 Å². The molecule has 0 aromatic carbocycles. The molecular weight excluding hydrogens is 214 g/mol. The largest absolute Gasteiger partial charge is 1.00 e. The fourth-order valence-electron chi connectivity index (χ4n) is 1.95. The van der Waals surface area contributed by atoms with E-state index in [-0.39, 0.29) is 17.8 Å². The lowest BCUT2D eigenvalue weighted by Gasteiger charge is -2.37. The molecule has 3 rings (SSSR count). The molecule has 0 radical (unpaired) electrons. The molecule has 0 aromatic heterocycles. The predicted molar refractivity (Wildman–Crippen MR) is 53.0 cm³/mol. The molecule has 3 aliphatic rings. The Morgan fingerprint density at radius 2 is 2.27 bits per heavy atom. The average molecular weight is 226 g/mol. The van der Waals surface area contributed by atoms with E-state index < -0.39 is 0 Å². The van der Waals surface area contributed by atoms with Crippen LogP contribution in [-0.4, -0.2) is 25.8 Å². The fraction of sp³-hybridized carbons (Fsp3) is 0.400. The van der Waals surface area contributed by atoms with Crippen LogP contribution in [0.1, 0.15) is 6.92 Å². The second-order valence-electron chi connectivity index (χ2n) is 4.12. The van der Waals surface area contributed by atoms with Crippen molar-refractivity contribution >= 4 is 12.6 Å². The van der Waals surface area contributed by atoms with Crippen LogP contribution >= 0.6 is 0 Å². The van der Waals surface area contributed by atoms with E-state index in [4.69, 9.17) is 4.74 Å². The zero-order chi connectivity index (χ0) is 9.60. The second-order valence-corrected chi connectivity index (χ2v) is 4.12. The van der Waals surface area contributed by atoms with Gasteiger partial charge in [-0.05, 0) is 6.92 Å². The first-order chi connectivity index (χ1) is 6.80. The highest BCUT2D eigenvalue weighted by Gasteiger charge is 2.43. The van der Waals surface area contributed by atoms with Gasteiger partial charge in [0.15, 0.2) is 12.0 Å². The summed E-state index contributed by atoms with van der Waals surface area (Å²) in [5.74, 6) is 0. The van der Waals surface area contributed by atoms with Crippen LogP contribution in [0.15, 0.2) is 33.8 Å². The Morgan fingerprint density at radius 1 is 1.47 bits per heavy atom. The summed E-state index contributed by atoms with van der Waals surface area (Å²) in [5, 5.41) is 0. The van der Waals surface area contributed by atoms with Gasteiger partial charge < -0.3 is 17.1 Å². The van der Waals surface area contributed by atoms with Crippen molar-refractivity contribution in [1.29, 1.82) is 0 Å². The van der Waals surface area contributed by atoms with Crippen molar-refractivity contribution in [3.05, 3.63) is 23.8 Å². The van der Waals surface area contributed by atoms with Gasteiger partial charge in [0.2, 0.25) is 0 Å². The minimum absolute atomic E-state index is 0. The molecule has 15 heavy (non-hydrogen) atoms. The molecule has 0 bridgehead atoms. The molecule has 0 aromatic rings. The Bertz CT molecular complexity index is 393. The smallest absolute Gasteiger partial charge is 0.198 e. The van der Waals surface area contributed by atoms with Gasteiger partial charge in [0.1, 0.15) is 11.9 Å². The summed E-state index contributed by atoms with van der Waals surface area (Å²) in [5.41, 5.74) is 2.40. The average Bonchev–Trinajstić information content (AvgIpc) is 2.58. The highest BCUT2D eigenvalue weighted by Crippen LogP contribution is 2.37. The van der Waals surface area contributed by atoms with E-state index in [9.17, 15) is 0 Å². The number of fused-ring (bicyclic) bond motifs is 1. The fourth-order valence-corrected chi connectivity index (χ4v) is 1.95. The second kappa shape index (κ2) is 3.56. The SMILES string of the molecule is CC1(C2=C3C=NC=C[NH+]3C=N2)COC1.[Cl-]. The summed E-state index contributed by atoms with van der Waals surface area (Å²) < 4.78 is 5.25. The number of halogens is 1. The summed E-state index contributed by atoms with van der Waals surface area (Å²) in [6, 6.07) is 0. The third-order valence-corrected chi connectivity index (χ3v) is 2.86. The van der Waals surface area contributed by atoms with Gasteiger partial charge in [0, 0.05) is 0 Å². The predicted octanol–water partition coefficient (Wildman–Crippen LogP) is -3.28. The summed E-state index contributed by atoms with van der Waals surface area (Å²) in [4.78, 5) is 9.78. The van der Waals surface area contributed by atoms with Crippen molar-refractivity contribution in [1.82, 2.24) is 0 Å². The number of rotatable bonds is 1. The minimum Gasteiger partial charge on any atom is -1.00 e. The Morgan fingerprint density at radius 3 is 2.93 bits per heavy atom. The van der Waals surface area contributed by atoms with Crippen LogP contribution in [0.2, 0.25) is 0 Å². The highest BCUT2D eigenvalue weighted by atomic mass is 35.5. The van der Waals surface area contributed by atoms with Crippen LogP contribution in [0.3, 0.4) is 0 Å². The lowest BCUT2D eigenvalue weighted by molar-refractivity contribution is -0.682. The van der Waals surface area contributed by atoms with Gasteiger partial charge in [-0.2, -0.15) is 0 Å². The number of hydrogen-bond donors (Lipinski definition) is 1. The molecule has 80 valence electrons. The van der Waals surface area contributed by atoms with Crippen LogP contribution in [0.5, 0.6) is 0 Å². The molecule has 0 saturated carbocycles. The number of hydrogen-bond acceptors (Lipinski definition) is 3. The lowest BCUT2D eigenvalue weighted by atomic mass is 9.84. The monoisotopic (exact) mass is 225 g/mol. The van der Waals surface area contributed by atoms with E-state index in [1.165, 1.54) is 10.6 Å². The van der Waals surface area contributed by atoms with Gasteiger partial charge in [-0.3, -0.25) is 4.99 Å². The molecule has 3 heterocycles. The number of quaternary nitrogens is 1. The van der Waals surface area contributed by atoms with Crippen LogP contribution in [0, 0.1) is 5.41 Å². The number of ether oxygens (including phenoxy) is 1. The summed E-state index contributed by atoms with van der Waals surface area (Å²) >= 11 is 0. The van der Waals surface area contributed by atoms with Gasteiger partial charge in [-0.15, -0.1) is 0 Å². The maximum atomic E-state index is 5.25. The molecule has 0 aliphatic carbocycles. The Hall–Kier alpha value is -0.970. The standard InChI is InChI=1S/C10H11N3O.ClH/c1-10(5-14-6-10)9-8-4-11-2-3-13(8)7-12-9;/h2-4,7H,5-6H2,1H3;1H. The van der Waals surface area contributed by atoms with E-state index >= 15 is 0 Å². The Balaban J connectivity index is 0.000000853. The molecule has 1 saturated heterocycles. The molecule has 0 spiro atoms. The highest BCUT2D eigenvalue weighted by molar-refractivity contribution is 5.82. The number of nitrogens with zero attached hydrogens (tertiary/aromatic N) is 2. The lowest BCUT2D eigenvalue weighted by Crippen LogP contribution is -3.04. The molecule has 1 N–H and O–H groups in total. The normalized spacial score (nSPS) is 29.8. The van der Waals surface area contributed by atoms with Crippen molar-refractivity contribution in [2.45, 2.75) is 6.92 Å². The third-order valence-electron chi connectivity index (χ3n) is 2.86. The molecule has 1 unspecified atom stereocenters. The molecule has 1 fully saturated rings.